The van der Waals surface area contributed by atoms with E-state index in [-0.39, 0.29) is 11.8 Å². The van der Waals surface area contributed by atoms with Crippen LogP contribution in [0.5, 0.6) is 5.75 Å². The van der Waals surface area contributed by atoms with Gasteiger partial charge in [-0.2, -0.15) is 0 Å². The topological polar surface area (TPSA) is 53.3 Å². The van der Waals surface area contributed by atoms with Gasteiger partial charge in [0.1, 0.15) is 5.75 Å². The van der Waals surface area contributed by atoms with E-state index in [1.54, 1.807) is 12.3 Å². The molecule has 1 saturated carbocycles. The Bertz CT molecular complexity index is 775. The smallest absolute Gasteiger partial charge is 0.177 e. The van der Waals surface area contributed by atoms with Gasteiger partial charge in [-0.05, 0) is 51.0 Å². The van der Waals surface area contributed by atoms with Gasteiger partial charge in [0, 0.05) is 23.2 Å². The number of aromatic nitrogens is 2. The predicted molar refractivity (Wildman–Crippen MR) is 96.1 cm³/mol. The van der Waals surface area contributed by atoms with Crippen molar-refractivity contribution in [2.75, 3.05) is 0 Å². The second-order valence-corrected chi connectivity index (χ2v) is 6.65. The Balaban J connectivity index is 1.90. The van der Waals surface area contributed by atoms with Crippen LogP contribution in [0.2, 0.25) is 0 Å². The van der Waals surface area contributed by atoms with Crippen LogP contribution in [0.1, 0.15) is 48.7 Å². The zero-order chi connectivity index (χ0) is 16.4. The number of phenols is 1. The molecular weight excluding hydrogens is 306 g/mol. The van der Waals surface area contributed by atoms with Gasteiger partial charge in [0.05, 0.1) is 12.1 Å². The minimum atomic E-state index is 0.198. The molecular formula is C18H23N3OS. The van der Waals surface area contributed by atoms with Crippen molar-refractivity contribution in [3.63, 3.8) is 0 Å². The van der Waals surface area contributed by atoms with Crippen molar-refractivity contribution in [3.05, 3.63) is 46.0 Å². The number of hydrogen-bond acceptors (Lipinski definition) is 3. The second-order valence-electron chi connectivity index (χ2n) is 6.27. The normalized spacial score (nSPS) is 21.8. The molecule has 0 aliphatic heterocycles. The van der Waals surface area contributed by atoms with E-state index in [0.717, 1.165) is 28.9 Å². The van der Waals surface area contributed by atoms with Gasteiger partial charge in [-0.25, -0.2) is 0 Å². The van der Waals surface area contributed by atoms with Crippen LogP contribution in [0.25, 0.3) is 0 Å². The van der Waals surface area contributed by atoms with Gasteiger partial charge in [-0.3, -0.25) is 4.99 Å². The minimum absolute atomic E-state index is 0.198. The fourth-order valence-corrected chi connectivity index (χ4v) is 3.81. The summed E-state index contributed by atoms with van der Waals surface area (Å²) in [6, 6.07) is 7.80. The number of H-pyrrole nitrogens is 1. The highest BCUT2D eigenvalue weighted by molar-refractivity contribution is 7.71. The molecule has 1 aliphatic rings. The molecule has 2 N–H and O–H groups in total. The molecule has 5 heteroatoms. The van der Waals surface area contributed by atoms with Crippen molar-refractivity contribution in [2.24, 2.45) is 4.99 Å². The van der Waals surface area contributed by atoms with Crippen LogP contribution in [0.15, 0.2) is 29.3 Å². The molecule has 0 radical (unpaired) electrons. The van der Waals surface area contributed by atoms with Crippen molar-refractivity contribution in [3.8, 4) is 5.75 Å². The Kier molecular flexibility index (Phi) is 4.66. The van der Waals surface area contributed by atoms with E-state index >= 15 is 0 Å². The molecule has 0 bridgehead atoms. The fourth-order valence-electron chi connectivity index (χ4n) is 3.38. The number of aromatic amines is 1. The van der Waals surface area contributed by atoms with Crippen LogP contribution in [-0.4, -0.2) is 26.9 Å². The van der Waals surface area contributed by atoms with Gasteiger partial charge in [0.25, 0.3) is 0 Å². The third-order valence-electron chi connectivity index (χ3n) is 4.78. The van der Waals surface area contributed by atoms with Crippen molar-refractivity contribution in [2.45, 2.75) is 51.6 Å². The molecule has 0 spiro atoms. The summed E-state index contributed by atoms with van der Waals surface area (Å²) in [5, 5.41) is 9.90. The molecule has 122 valence electrons. The molecule has 1 fully saturated rings. The lowest BCUT2D eigenvalue weighted by atomic mass is 9.90. The Morgan fingerprint density at radius 1 is 1.26 bits per heavy atom. The Labute approximate surface area is 141 Å². The summed E-state index contributed by atoms with van der Waals surface area (Å²) in [5.74, 6) is 0.272. The second kappa shape index (κ2) is 6.71. The fraction of sp³-hybridized carbons (Fsp3) is 0.444. The molecule has 1 heterocycles. The van der Waals surface area contributed by atoms with E-state index in [4.69, 9.17) is 17.2 Å². The Morgan fingerprint density at radius 2 is 2.00 bits per heavy atom. The molecule has 1 aromatic heterocycles. The minimum Gasteiger partial charge on any atom is -0.507 e. The Hall–Kier alpha value is -1.88. The molecule has 23 heavy (non-hydrogen) atoms. The van der Waals surface area contributed by atoms with E-state index in [2.05, 4.69) is 23.4 Å². The number of aliphatic imine (C=N–C) groups is 1. The largest absolute Gasteiger partial charge is 0.507 e. The molecule has 3 rings (SSSR count). The average molecular weight is 329 g/mol. The number of hydrogen-bond donors (Lipinski definition) is 2. The highest BCUT2D eigenvalue weighted by atomic mass is 32.1. The molecule has 1 aromatic carbocycles. The van der Waals surface area contributed by atoms with E-state index in [1.165, 1.54) is 18.5 Å². The lowest BCUT2D eigenvalue weighted by molar-refractivity contribution is 0.302. The molecule has 0 unspecified atom stereocenters. The van der Waals surface area contributed by atoms with Gasteiger partial charge >= 0.3 is 0 Å². The molecule has 2 atom stereocenters. The van der Waals surface area contributed by atoms with Crippen molar-refractivity contribution in [1.82, 2.24) is 9.55 Å². The first kappa shape index (κ1) is 16.0. The lowest BCUT2D eigenvalue weighted by Gasteiger charge is -2.30. The monoisotopic (exact) mass is 329 g/mol. The Morgan fingerprint density at radius 3 is 2.70 bits per heavy atom. The highest BCUT2D eigenvalue weighted by Crippen LogP contribution is 2.33. The quantitative estimate of drug-likeness (QED) is 0.645. The number of aryl methyl sites for hydroxylation is 1. The number of phenolic OH excluding ortho intramolecular Hbond substituents is 1. The first-order chi connectivity index (χ1) is 11.1. The van der Waals surface area contributed by atoms with E-state index in [0.29, 0.717) is 6.04 Å². The average Bonchev–Trinajstić information content (AvgIpc) is 2.80. The number of aromatic hydroxyl groups is 1. The van der Waals surface area contributed by atoms with E-state index < -0.39 is 0 Å². The van der Waals surface area contributed by atoms with Gasteiger partial charge in [-0.1, -0.05) is 25.0 Å². The van der Waals surface area contributed by atoms with Crippen LogP contribution in [0, 0.1) is 18.6 Å². The van der Waals surface area contributed by atoms with Crippen LogP contribution in [0.3, 0.4) is 0 Å². The molecule has 0 amide bonds. The van der Waals surface area contributed by atoms with Crippen molar-refractivity contribution in [1.29, 1.82) is 0 Å². The number of nitrogens with zero attached hydrogens (tertiary/aromatic N) is 2. The summed E-state index contributed by atoms with van der Waals surface area (Å²) >= 11 is 5.51. The number of nitrogens with one attached hydrogen (secondary N) is 1. The van der Waals surface area contributed by atoms with Gasteiger partial charge in [0.2, 0.25) is 0 Å². The highest BCUT2D eigenvalue weighted by Gasteiger charge is 2.27. The maximum atomic E-state index is 9.90. The number of para-hydroxylation sites is 1. The van der Waals surface area contributed by atoms with E-state index in [1.807, 2.05) is 18.2 Å². The predicted octanol–water partition coefficient (Wildman–Crippen LogP) is 4.47. The SMILES string of the molecule is Cc1[nH]c(=S)n([C@@H]2CCCC[C@H]2N=Cc2ccccc2O)c1C. The number of imidazole rings is 1. The zero-order valence-corrected chi connectivity index (χ0v) is 14.4. The first-order valence-electron chi connectivity index (χ1n) is 8.17. The summed E-state index contributed by atoms with van der Waals surface area (Å²) in [7, 11) is 0. The molecule has 0 saturated heterocycles. The molecule has 4 nitrogen and oxygen atoms in total. The summed E-state index contributed by atoms with van der Waals surface area (Å²) < 4.78 is 3.02. The third kappa shape index (κ3) is 3.24. The summed E-state index contributed by atoms with van der Waals surface area (Å²) in [5.41, 5.74) is 3.09. The van der Waals surface area contributed by atoms with Gasteiger partial charge in [-0.15, -0.1) is 0 Å². The van der Waals surface area contributed by atoms with Gasteiger partial charge < -0.3 is 14.7 Å². The van der Waals surface area contributed by atoms with Crippen LogP contribution < -0.4 is 0 Å². The molecule has 1 aliphatic carbocycles. The van der Waals surface area contributed by atoms with Crippen LogP contribution >= 0.6 is 12.2 Å². The maximum absolute atomic E-state index is 9.90. The van der Waals surface area contributed by atoms with Crippen LogP contribution in [0.4, 0.5) is 0 Å². The summed E-state index contributed by atoms with van der Waals surface area (Å²) in [4.78, 5) is 8.06. The third-order valence-corrected chi connectivity index (χ3v) is 5.08. The summed E-state index contributed by atoms with van der Waals surface area (Å²) in [6.07, 6.45) is 6.35. The summed E-state index contributed by atoms with van der Waals surface area (Å²) in [6.45, 7) is 4.17. The van der Waals surface area contributed by atoms with E-state index in [9.17, 15) is 5.11 Å². The van der Waals surface area contributed by atoms with Crippen molar-refractivity contribution < 1.29 is 5.11 Å². The standard InChI is InChI=1S/C18H23N3OS/c1-12-13(2)21(18(23)20-12)16-9-5-4-8-15(16)19-11-14-7-3-6-10-17(14)22/h3,6-7,10-11,15-16,22H,4-5,8-9H2,1-2H3,(H,20,23)/t15-,16-/m1/s1. The van der Waals surface area contributed by atoms with Gasteiger partial charge in [0.15, 0.2) is 4.77 Å². The van der Waals surface area contributed by atoms with Crippen LogP contribution in [-0.2, 0) is 0 Å². The maximum Gasteiger partial charge on any atom is 0.177 e. The number of benzene rings is 1. The number of rotatable bonds is 3. The first-order valence-corrected chi connectivity index (χ1v) is 8.57. The lowest BCUT2D eigenvalue weighted by Crippen LogP contribution is -2.27. The molecule has 2 aromatic rings. The zero-order valence-electron chi connectivity index (χ0n) is 13.6. The van der Waals surface area contributed by atoms with Crippen molar-refractivity contribution >= 4 is 18.4 Å².